The Morgan fingerprint density at radius 2 is 1.48 bits per heavy atom. The number of hydrogen-bond donors (Lipinski definition) is 0. The molecular weight excluding hydrogens is 1080 g/mol. The van der Waals surface area contributed by atoms with E-state index < -0.39 is 13.3 Å². The Morgan fingerprint density at radius 1 is 0.710 bits per heavy atom. The maximum Gasteiger partial charge on any atom is 0 e. The number of pyridine rings is 3. The van der Waals surface area contributed by atoms with Crippen LogP contribution in [0.25, 0.3) is 94.5 Å². The van der Waals surface area contributed by atoms with Gasteiger partial charge in [0.05, 0.1) is 34.2 Å². The molecule has 11 rings (SSSR count). The van der Waals surface area contributed by atoms with Gasteiger partial charge in [0.15, 0.2) is 0 Å². The molecule has 5 aromatic heterocycles. The summed E-state index contributed by atoms with van der Waals surface area (Å²) in [6.07, 6.45) is 5.82. The van der Waals surface area contributed by atoms with E-state index in [1.165, 1.54) is 43.0 Å². The first kappa shape index (κ1) is 47.6. The minimum absolute atomic E-state index is 0. The van der Waals surface area contributed by atoms with E-state index in [0.29, 0.717) is 0 Å². The number of imidazole rings is 1. The molecule has 0 aliphatic heterocycles. The van der Waals surface area contributed by atoms with E-state index in [4.69, 9.17) is 19.4 Å². The van der Waals surface area contributed by atoms with Crippen molar-refractivity contribution in [2.75, 3.05) is 0 Å². The van der Waals surface area contributed by atoms with Gasteiger partial charge < -0.3 is 8.98 Å². The number of rotatable bonds is 7. The van der Waals surface area contributed by atoms with Crippen LogP contribution in [0.2, 0.25) is 17.3 Å². The second-order valence-electron chi connectivity index (χ2n) is 20.0. The maximum absolute atomic E-state index is 6.48. The Kier molecular flexibility index (Phi) is 13.2. The zero-order valence-corrected chi connectivity index (χ0v) is 45.1. The fourth-order valence-corrected chi connectivity index (χ4v) is 12.3. The fraction of sp³-hybridized carbons (Fsp3) is 0.180. The Labute approximate surface area is 421 Å². The van der Waals surface area contributed by atoms with Crippen molar-refractivity contribution in [1.29, 1.82) is 0 Å². The Morgan fingerprint density at radius 3 is 2.23 bits per heavy atom. The van der Waals surface area contributed by atoms with Gasteiger partial charge in [-0.25, -0.2) is 0 Å². The summed E-state index contributed by atoms with van der Waals surface area (Å²) in [4.78, 5) is 19.4. The normalized spacial score (nSPS) is 11.9. The molecule has 0 saturated carbocycles. The molecule has 0 spiro atoms. The third-order valence-electron chi connectivity index (χ3n) is 12.8. The minimum atomic E-state index is -2.09. The monoisotopic (exact) mass is 1140 g/mol. The van der Waals surface area contributed by atoms with Gasteiger partial charge in [-0.05, 0) is 63.7 Å². The number of hydrogen-bond acceptors (Lipinski definition) is 5. The van der Waals surface area contributed by atoms with Crippen LogP contribution in [0, 0.1) is 19.1 Å². The number of fused-ring (bicyclic) bond motifs is 5. The first-order valence-electron chi connectivity index (χ1n) is 23.5. The molecule has 1 radical (unpaired) electrons. The van der Waals surface area contributed by atoms with E-state index in [-0.39, 0.29) is 31.4 Å². The van der Waals surface area contributed by atoms with Crippen molar-refractivity contribution in [2.24, 2.45) is 0 Å². The van der Waals surface area contributed by atoms with Gasteiger partial charge in [0.1, 0.15) is 5.58 Å². The van der Waals surface area contributed by atoms with Gasteiger partial charge in [-0.15, -0.1) is 17.7 Å². The van der Waals surface area contributed by atoms with Gasteiger partial charge in [0.25, 0.3) is 0 Å². The van der Waals surface area contributed by atoms with Gasteiger partial charge >= 0.3 is 158 Å². The number of furan rings is 1. The first-order chi connectivity index (χ1) is 32.7. The summed E-state index contributed by atoms with van der Waals surface area (Å²) >= 11 is -2.09. The zero-order valence-electron chi connectivity index (χ0n) is 40.6. The first-order valence-corrected chi connectivity index (χ1v) is 30.8. The van der Waals surface area contributed by atoms with Crippen LogP contribution in [0.3, 0.4) is 0 Å². The minimum Gasteiger partial charge on any atom is 0 e. The summed E-state index contributed by atoms with van der Waals surface area (Å²) in [5, 5.41) is 3.58. The van der Waals surface area contributed by atoms with Crippen molar-refractivity contribution >= 4 is 61.5 Å². The molecule has 0 unspecified atom stereocenters. The van der Waals surface area contributed by atoms with Gasteiger partial charge in [-0.1, -0.05) is 83.5 Å². The van der Waals surface area contributed by atoms with Crippen molar-refractivity contribution < 1.29 is 24.5 Å². The van der Waals surface area contributed by atoms with Gasteiger partial charge in [-0.3, -0.25) is 15.0 Å². The Balaban J connectivity index is 0.000000189. The van der Waals surface area contributed by atoms with E-state index in [1.807, 2.05) is 48.8 Å². The van der Waals surface area contributed by atoms with Crippen LogP contribution in [-0.4, -0.2) is 37.8 Å². The SMILES string of the molecule is Cc1c[c-]c(-c2nc3cnc(C(C)C)cc3n2-c2ccc(-c3ccccc3)cc2C(C)(C)C)c2oc3cccnc3c12.[CH3][Ge]([CH3])([CH3])[c]1cnc(-c2[c-]cccc2)cc1-c1cccc2ccccc12.[Ir]. The van der Waals surface area contributed by atoms with Gasteiger partial charge in [0, 0.05) is 37.7 Å². The van der Waals surface area contributed by atoms with Crippen molar-refractivity contribution in [2.45, 2.75) is 70.1 Å². The van der Waals surface area contributed by atoms with Crippen molar-refractivity contribution in [3.05, 3.63) is 193 Å². The molecule has 69 heavy (non-hydrogen) atoms. The third kappa shape index (κ3) is 9.24. The fourth-order valence-electron chi connectivity index (χ4n) is 9.26. The number of benzene rings is 6. The molecule has 0 bridgehead atoms. The van der Waals surface area contributed by atoms with Crippen molar-refractivity contribution in [3.63, 3.8) is 0 Å². The Bertz CT molecular complexity index is 3630. The van der Waals surface area contributed by atoms with Gasteiger partial charge in [-0.2, -0.15) is 0 Å². The summed E-state index contributed by atoms with van der Waals surface area (Å²) in [7, 11) is 0. The molecule has 0 N–H and O–H groups in total. The molecule has 0 atom stereocenters. The van der Waals surface area contributed by atoms with E-state index in [1.54, 1.807) is 0 Å². The van der Waals surface area contributed by atoms with Crippen LogP contribution in [-0.2, 0) is 25.5 Å². The third-order valence-corrected chi connectivity index (χ3v) is 17.0. The predicted octanol–water partition coefficient (Wildman–Crippen LogP) is 15.5. The van der Waals surface area contributed by atoms with Crippen LogP contribution in [0.5, 0.6) is 0 Å². The van der Waals surface area contributed by atoms with Crippen LogP contribution in [0.4, 0.5) is 0 Å². The van der Waals surface area contributed by atoms with E-state index in [0.717, 1.165) is 72.7 Å². The van der Waals surface area contributed by atoms with Crippen LogP contribution in [0.15, 0.2) is 169 Å². The molecule has 0 fully saturated rings. The summed E-state index contributed by atoms with van der Waals surface area (Å²) in [6, 6.07) is 57.8. The zero-order chi connectivity index (χ0) is 47.3. The molecule has 0 aliphatic rings. The number of aromatic nitrogens is 5. The maximum atomic E-state index is 6.48. The molecule has 345 valence electrons. The van der Waals surface area contributed by atoms with E-state index >= 15 is 0 Å². The summed E-state index contributed by atoms with van der Waals surface area (Å²) in [5.74, 6) is 8.34. The quantitative estimate of drug-likeness (QED) is 0.117. The molecule has 6 nitrogen and oxygen atoms in total. The average molecular weight is 1140 g/mol. The smallest absolute Gasteiger partial charge is 0 e. The van der Waals surface area contributed by atoms with E-state index in [9.17, 15) is 0 Å². The van der Waals surface area contributed by atoms with Crippen molar-refractivity contribution in [1.82, 2.24) is 24.5 Å². The topological polar surface area (TPSA) is 69.6 Å². The summed E-state index contributed by atoms with van der Waals surface area (Å²) < 4.78 is 10.2. The van der Waals surface area contributed by atoms with Gasteiger partial charge in [0.2, 0.25) is 0 Å². The van der Waals surface area contributed by atoms with Crippen LogP contribution >= 0.6 is 0 Å². The summed E-state index contributed by atoms with van der Waals surface area (Å²) in [6.45, 7) is 13.2. The molecule has 11 aromatic rings. The van der Waals surface area contributed by atoms with Crippen LogP contribution in [0.1, 0.15) is 57.4 Å². The number of nitrogens with zero attached hydrogens (tertiary/aromatic N) is 5. The Hall–Kier alpha value is -6.51. The molecular formula is C61H55GeIrN5O-2. The largest absolute Gasteiger partial charge is 0 e. The summed E-state index contributed by atoms with van der Waals surface area (Å²) in [5.41, 5.74) is 16.3. The standard InChI is InChI=1S/C37H33N4O.C24H22GeN.Ir/c1-22(2)28-20-31-29(21-39-28)40-36(26-16-14-23(3)33-34-32(42-35(26)33)13-10-18-38-34)41(31)30-17-15-25(19-27(30)37(4,5)6)24-11-8-7-9-12-24;1-25(2,3)23-17-26-24(19-11-5-4-6-12-19)16-22(23)21-15-9-13-18-10-7-8-14-20(18)21;/h7-15,17-22H,1-6H3;4-11,13-17H,1-3H3;/q2*-1;. The molecule has 5 heterocycles. The molecule has 0 saturated heterocycles. The van der Waals surface area contributed by atoms with Crippen LogP contribution < -0.4 is 4.40 Å². The molecule has 8 heteroatoms. The second kappa shape index (κ2) is 19.1. The predicted molar refractivity (Wildman–Crippen MR) is 286 cm³/mol. The average Bonchev–Trinajstić information content (AvgIpc) is 3.93. The molecule has 0 aliphatic carbocycles. The second-order valence-corrected chi connectivity index (χ2v) is 30.6. The van der Waals surface area contributed by atoms with E-state index in [2.05, 4.69) is 196 Å². The van der Waals surface area contributed by atoms with Crippen molar-refractivity contribution in [3.8, 4) is 50.6 Å². The number of aryl methyl sites for hydroxylation is 1. The molecule has 6 aromatic carbocycles. The molecule has 0 amide bonds.